The maximum Gasteiger partial charge on any atom is 0.274 e. The number of aryl methyl sites for hydroxylation is 1. The van der Waals surface area contributed by atoms with Gasteiger partial charge in [-0.1, -0.05) is 23.7 Å². The summed E-state index contributed by atoms with van der Waals surface area (Å²) in [6.07, 6.45) is 1.67. The maximum absolute atomic E-state index is 12.6. The Morgan fingerprint density at radius 2 is 2.05 bits per heavy atom. The number of para-hydroxylation sites is 2. The molecule has 112 valence electrons. The van der Waals surface area contributed by atoms with Gasteiger partial charge >= 0.3 is 0 Å². The summed E-state index contributed by atoms with van der Waals surface area (Å²) in [5.41, 5.74) is 2.36. The summed E-state index contributed by atoms with van der Waals surface area (Å²) >= 11 is 6.01. The third-order valence-electron chi connectivity index (χ3n) is 3.33. The van der Waals surface area contributed by atoms with E-state index in [1.54, 1.807) is 48.9 Å². The van der Waals surface area contributed by atoms with Crippen LogP contribution in [0.5, 0.6) is 5.75 Å². The van der Waals surface area contributed by atoms with Crippen molar-refractivity contribution in [2.24, 2.45) is 0 Å². The molecule has 1 N–H and O–H groups in total. The number of fused-ring (bicyclic) bond motifs is 1. The minimum absolute atomic E-state index is 0.267. The van der Waals surface area contributed by atoms with E-state index in [-0.39, 0.29) is 5.91 Å². The molecule has 0 saturated carbocycles. The first-order valence-corrected chi connectivity index (χ1v) is 7.06. The largest absolute Gasteiger partial charge is 0.495 e. The molecule has 3 rings (SSSR count). The Morgan fingerprint density at radius 3 is 2.82 bits per heavy atom. The lowest BCUT2D eigenvalue weighted by atomic mass is 10.2. The van der Waals surface area contributed by atoms with Gasteiger partial charge in [-0.05, 0) is 31.2 Å². The lowest BCUT2D eigenvalue weighted by Crippen LogP contribution is -2.16. The van der Waals surface area contributed by atoms with E-state index in [4.69, 9.17) is 16.3 Å². The van der Waals surface area contributed by atoms with Crippen molar-refractivity contribution in [2.45, 2.75) is 6.92 Å². The zero-order chi connectivity index (χ0) is 15.7. The molecule has 3 aromatic rings. The third-order valence-corrected chi connectivity index (χ3v) is 3.55. The van der Waals surface area contributed by atoms with Crippen LogP contribution in [0.15, 0.2) is 42.6 Å². The normalized spacial score (nSPS) is 10.7. The van der Waals surface area contributed by atoms with Gasteiger partial charge in [-0.2, -0.15) is 0 Å². The number of imidazole rings is 1. The van der Waals surface area contributed by atoms with Crippen LogP contribution in [0.25, 0.3) is 5.65 Å². The molecule has 2 aromatic heterocycles. The van der Waals surface area contributed by atoms with E-state index in [0.29, 0.717) is 33.5 Å². The molecule has 0 fully saturated rings. The lowest BCUT2D eigenvalue weighted by Gasteiger charge is -2.10. The molecule has 0 saturated heterocycles. The molecular formula is C16H14ClN3O2. The van der Waals surface area contributed by atoms with Crippen molar-refractivity contribution in [3.05, 3.63) is 59.0 Å². The zero-order valence-corrected chi connectivity index (χ0v) is 12.9. The molecule has 1 amide bonds. The molecule has 0 atom stereocenters. The SMILES string of the molecule is COc1ccccc1NC(=O)c1c(C)nc2ccc(Cl)cn12. The number of pyridine rings is 1. The van der Waals surface area contributed by atoms with Gasteiger partial charge in [0, 0.05) is 6.20 Å². The molecule has 22 heavy (non-hydrogen) atoms. The number of hydrogen-bond donors (Lipinski definition) is 1. The van der Waals surface area contributed by atoms with Gasteiger partial charge in [0.15, 0.2) is 0 Å². The molecular weight excluding hydrogens is 302 g/mol. The number of ether oxygens (including phenoxy) is 1. The van der Waals surface area contributed by atoms with Crippen molar-refractivity contribution in [1.29, 1.82) is 0 Å². The van der Waals surface area contributed by atoms with Crippen LogP contribution in [0.4, 0.5) is 5.69 Å². The average molecular weight is 316 g/mol. The van der Waals surface area contributed by atoms with Crippen LogP contribution in [0, 0.1) is 6.92 Å². The number of benzene rings is 1. The Hall–Kier alpha value is -2.53. The number of carbonyl (C=O) groups is 1. The molecule has 0 aliphatic carbocycles. The first kappa shape index (κ1) is 14.4. The lowest BCUT2D eigenvalue weighted by molar-refractivity contribution is 0.102. The van der Waals surface area contributed by atoms with Crippen molar-refractivity contribution in [2.75, 3.05) is 12.4 Å². The first-order chi connectivity index (χ1) is 10.6. The van der Waals surface area contributed by atoms with E-state index in [9.17, 15) is 4.79 Å². The van der Waals surface area contributed by atoms with Crippen LogP contribution in [-0.4, -0.2) is 22.4 Å². The Kier molecular flexibility index (Phi) is 3.73. The molecule has 6 heteroatoms. The molecule has 1 aromatic carbocycles. The number of amides is 1. The fourth-order valence-electron chi connectivity index (χ4n) is 2.34. The summed E-state index contributed by atoms with van der Waals surface area (Å²) in [6, 6.07) is 10.8. The Morgan fingerprint density at radius 1 is 1.27 bits per heavy atom. The summed E-state index contributed by atoms with van der Waals surface area (Å²) in [6.45, 7) is 1.79. The van der Waals surface area contributed by atoms with Gasteiger partial charge in [0.05, 0.1) is 23.5 Å². The predicted octanol–water partition coefficient (Wildman–Crippen LogP) is 3.56. The van der Waals surface area contributed by atoms with Crippen LogP contribution >= 0.6 is 11.6 Å². The number of hydrogen-bond acceptors (Lipinski definition) is 3. The highest BCUT2D eigenvalue weighted by molar-refractivity contribution is 6.30. The minimum Gasteiger partial charge on any atom is -0.495 e. The number of nitrogens with zero attached hydrogens (tertiary/aromatic N) is 2. The predicted molar refractivity (Wildman–Crippen MR) is 85.9 cm³/mol. The minimum atomic E-state index is -0.267. The summed E-state index contributed by atoms with van der Waals surface area (Å²) in [5, 5.41) is 3.39. The van der Waals surface area contributed by atoms with Crippen molar-refractivity contribution in [3.63, 3.8) is 0 Å². The fourth-order valence-corrected chi connectivity index (χ4v) is 2.50. The summed E-state index contributed by atoms with van der Waals surface area (Å²) in [5.74, 6) is 0.331. The molecule has 0 aliphatic rings. The number of aromatic nitrogens is 2. The van der Waals surface area contributed by atoms with Crippen molar-refractivity contribution < 1.29 is 9.53 Å². The second kappa shape index (κ2) is 5.69. The summed E-state index contributed by atoms with van der Waals surface area (Å²) in [4.78, 5) is 17.0. The van der Waals surface area contributed by atoms with Gasteiger partial charge in [-0.15, -0.1) is 0 Å². The Labute approximate surface area is 132 Å². The first-order valence-electron chi connectivity index (χ1n) is 6.68. The highest BCUT2D eigenvalue weighted by Crippen LogP contribution is 2.24. The van der Waals surface area contributed by atoms with E-state index in [2.05, 4.69) is 10.3 Å². The molecule has 0 bridgehead atoms. The second-order valence-electron chi connectivity index (χ2n) is 4.78. The van der Waals surface area contributed by atoms with Gasteiger partial charge in [-0.3, -0.25) is 9.20 Å². The Bertz CT molecular complexity index is 858. The smallest absolute Gasteiger partial charge is 0.274 e. The van der Waals surface area contributed by atoms with Gasteiger partial charge < -0.3 is 10.1 Å². The van der Waals surface area contributed by atoms with Gasteiger partial charge in [0.2, 0.25) is 0 Å². The number of nitrogens with one attached hydrogen (secondary N) is 1. The van der Waals surface area contributed by atoms with Gasteiger partial charge in [0.25, 0.3) is 5.91 Å². The highest BCUT2D eigenvalue weighted by Gasteiger charge is 2.18. The average Bonchev–Trinajstić information content (AvgIpc) is 2.83. The molecule has 0 spiro atoms. The quantitative estimate of drug-likeness (QED) is 0.804. The van der Waals surface area contributed by atoms with Gasteiger partial charge in [-0.25, -0.2) is 4.98 Å². The molecule has 2 heterocycles. The summed E-state index contributed by atoms with van der Waals surface area (Å²) < 4.78 is 6.93. The van der Waals surface area contributed by atoms with Crippen molar-refractivity contribution in [1.82, 2.24) is 9.38 Å². The molecule has 0 aliphatic heterocycles. The summed E-state index contributed by atoms with van der Waals surface area (Å²) in [7, 11) is 1.56. The molecule has 0 radical (unpaired) electrons. The number of carbonyl (C=O) groups excluding carboxylic acids is 1. The zero-order valence-electron chi connectivity index (χ0n) is 12.1. The van der Waals surface area contributed by atoms with Crippen LogP contribution in [0.3, 0.4) is 0 Å². The number of anilines is 1. The van der Waals surface area contributed by atoms with Crippen LogP contribution in [0.2, 0.25) is 5.02 Å². The number of halogens is 1. The third kappa shape index (κ3) is 2.51. The highest BCUT2D eigenvalue weighted by atomic mass is 35.5. The molecule has 0 unspecified atom stereocenters. The van der Waals surface area contributed by atoms with E-state index in [0.717, 1.165) is 0 Å². The molecule has 5 nitrogen and oxygen atoms in total. The van der Waals surface area contributed by atoms with Crippen LogP contribution in [-0.2, 0) is 0 Å². The van der Waals surface area contributed by atoms with E-state index in [1.165, 1.54) is 0 Å². The second-order valence-corrected chi connectivity index (χ2v) is 5.21. The van der Waals surface area contributed by atoms with Crippen molar-refractivity contribution in [3.8, 4) is 5.75 Å². The van der Waals surface area contributed by atoms with Crippen LogP contribution in [0.1, 0.15) is 16.2 Å². The Balaban J connectivity index is 2.02. The van der Waals surface area contributed by atoms with E-state index < -0.39 is 0 Å². The standard InChI is InChI=1S/C16H14ClN3O2/c1-10-15(20-9-11(17)7-8-14(20)18-10)16(21)19-12-5-3-4-6-13(12)22-2/h3-9H,1-2H3,(H,19,21). The van der Waals surface area contributed by atoms with E-state index in [1.807, 2.05) is 12.1 Å². The maximum atomic E-state index is 12.6. The van der Waals surface area contributed by atoms with Gasteiger partial charge in [0.1, 0.15) is 17.1 Å². The monoisotopic (exact) mass is 315 g/mol. The number of methoxy groups -OCH3 is 1. The number of rotatable bonds is 3. The van der Waals surface area contributed by atoms with E-state index >= 15 is 0 Å². The fraction of sp³-hybridized carbons (Fsp3) is 0.125. The van der Waals surface area contributed by atoms with Crippen molar-refractivity contribution >= 4 is 28.8 Å². The topological polar surface area (TPSA) is 55.6 Å². The van der Waals surface area contributed by atoms with Crippen LogP contribution < -0.4 is 10.1 Å².